The number of hydrogen-bond acceptors (Lipinski definition) is 5. The number of methoxy groups -OCH3 is 1. The predicted molar refractivity (Wildman–Crippen MR) is 69.4 cm³/mol. The molecule has 0 saturated carbocycles. The van der Waals surface area contributed by atoms with Crippen molar-refractivity contribution in [2.24, 2.45) is 0 Å². The quantitative estimate of drug-likeness (QED) is 0.724. The van der Waals surface area contributed by atoms with Gasteiger partial charge in [-0.1, -0.05) is 6.07 Å². The van der Waals surface area contributed by atoms with E-state index in [1.54, 1.807) is 6.92 Å². The maximum atomic E-state index is 12.2. The van der Waals surface area contributed by atoms with Crippen LogP contribution in [0.25, 0.3) is 0 Å². The van der Waals surface area contributed by atoms with E-state index in [-0.39, 0.29) is 30.8 Å². The lowest BCUT2D eigenvalue weighted by Gasteiger charge is -2.11. The van der Waals surface area contributed by atoms with Crippen LogP contribution in [0.1, 0.15) is 29.3 Å². The zero-order chi connectivity index (χ0) is 15.8. The molecule has 0 aliphatic carbocycles. The molecule has 0 atom stereocenters. The molecule has 0 N–H and O–H groups in total. The van der Waals surface area contributed by atoms with Crippen LogP contribution in [0.4, 0.5) is 8.78 Å². The van der Waals surface area contributed by atoms with Gasteiger partial charge in [-0.3, -0.25) is 4.79 Å². The van der Waals surface area contributed by atoms with E-state index >= 15 is 0 Å². The number of aryl methyl sites for hydroxylation is 1. The summed E-state index contributed by atoms with van der Waals surface area (Å²) in [5, 5.41) is 0. The van der Waals surface area contributed by atoms with Gasteiger partial charge < -0.3 is 14.2 Å². The second kappa shape index (κ2) is 8.18. The number of rotatable bonds is 7. The zero-order valence-corrected chi connectivity index (χ0v) is 11.7. The summed E-state index contributed by atoms with van der Waals surface area (Å²) in [6, 6.07) is 3.92. The Hall–Kier alpha value is -2.18. The molecule has 21 heavy (non-hydrogen) atoms. The van der Waals surface area contributed by atoms with E-state index in [4.69, 9.17) is 4.74 Å². The van der Waals surface area contributed by atoms with E-state index in [0.29, 0.717) is 5.56 Å². The molecule has 116 valence electrons. The van der Waals surface area contributed by atoms with Gasteiger partial charge in [-0.25, -0.2) is 4.79 Å². The summed E-state index contributed by atoms with van der Waals surface area (Å²) in [7, 11) is 1.18. The average molecular weight is 302 g/mol. The fourth-order valence-electron chi connectivity index (χ4n) is 1.72. The molecule has 7 heteroatoms. The lowest BCUT2D eigenvalue weighted by molar-refractivity contribution is -0.143. The Labute approximate surface area is 120 Å². The van der Waals surface area contributed by atoms with E-state index in [9.17, 15) is 18.4 Å². The number of esters is 2. The van der Waals surface area contributed by atoms with Crippen LogP contribution in [-0.2, 0) is 20.7 Å². The predicted octanol–water partition coefficient (Wildman–Crippen LogP) is 2.57. The van der Waals surface area contributed by atoms with Crippen molar-refractivity contribution in [3.8, 4) is 5.75 Å². The number of benzene rings is 1. The van der Waals surface area contributed by atoms with Crippen LogP contribution in [0.2, 0.25) is 0 Å². The molecule has 0 aromatic heterocycles. The molecule has 1 rings (SSSR count). The van der Waals surface area contributed by atoms with Crippen LogP contribution < -0.4 is 4.74 Å². The summed E-state index contributed by atoms with van der Waals surface area (Å²) in [4.78, 5) is 23.0. The summed E-state index contributed by atoms with van der Waals surface area (Å²) in [5.41, 5.74) is 0.580. The Bertz CT molecular complexity index is 502. The molecule has 0 radical (unpaired) electrons. The minimum absolute atomic E-state index is 0.0763. The number of ether oxygens (including phenoxy) is 3. The van der Waals surface area contributed by atoms with Gasteiger partial charge in [0.1, 0.15) is 5.75 Å². The van der Waals surface area contributed by atoms with Gasteiger partial charge in [-0.15, -0.1) is 0 Å². The normalized spacial score (nSPS) is 10.3. The number of halogens is 2. The Morgan fingerprint density at radius 1 is 1.29 bits per heavy atom. The summed E-state index contributed by atoms with van der Waals surface area (Å²) in [6.45, 7) is -1.03. The van der Waals surface area contributed by atoms with Crippen molar-refractivity contribution < 1.29 is 32.6 Å². The summed E-state index contributed by atoms with van der Waals surface area (Å²) >= 11 is 0. The Balaban J connectivity index is 2.91. The molecule has 1 aromatic rings. The van der Waals surface area contributed by atoms with Crippen molar-refractivity contribution in [2.75, 3.05) is 13.7 Å². The highest BCUT2D eigenvalue weighted by molar-refractivity contribution is 5.91. The van der Waals surface area contributed by atoms with Crippen molar-refractivity contribution in [1.82, 2.24) is 0 Å². The second-order valence-corrected chi connectivity index (χ2v) is 3.99. The molecule has 0 aliphatic heterocycles. The number of carbonyl (C=O) groups is 2. The summed E-state index contributed by atoms with van der Waals surface area (Å²) in [5.74, 6) is -1.24. The molecule has 0 bridgehead atoms. The largest absolute Gasteiger partial charge is 0.466 e. The van der Waals surface area contributed by atoms with Gasteiger partial charge in [-0.05, 0) is 31.0 Å². The zero-order valence-electron chi connectivity index (χ0n) is 11.7. The lowest BCUT2D eigenvalue weighted by atomic mass is 10.0. The lowest BCUT2D eigenvalue weighted by Crippen LogP contribution is -2.10. The summed E-state index contributed by atoms with van der Waals surface area (Å²) < 4.78 is 38.0. The molecule has 0 aliphatic rings. The molecular formula is C14H16F2O5. The number of carbonyl (C=O) groups excluding carboxylic acids is 2. The van der Waals surface area contributed by atoms with Crippen molar-refractivity contribution in [1.29, 1.82) is 0 Å². The molecule has 0 unspecified atom stereocenters. The first-order chi connectivity index (χ1) is 9.97. The van der Waals surface area contributed by atoms with E-state index in [2.05, 4.69) is 9.47 Å². The molecular weight excluding hydrogens is 286 g/mol. The minimum Gasteiger partial charge on any atom is -0.466 e. The highest BCUT2D eigenvalue weighted by Crippen LogP contribution is 2.22. The van der Waals surface area contributed by atoms with Crippen molar-refractivity contribution >= 4 is 11.9 Å². The SMILES string of the molecule is CCOC(=O)CCc1ccc(OC(F)F)cc1C(=O)OC. The van der Waals surface area contributed by atoms with Crippen LogP contribution >= 0.6 is 0 Å². The van der Waals surface area contributed by atoms with Gasteiger partial charge >= 0.3 is 18.6 Å². The molecule has 0 spiro atoms. The van der Waals surface area contributed by atoms with Crippen molar-refractivity contribution in [3.05, 3.63) is 29.3 Å². The maximum Gasteiger partial charge on any atom is 0.387 e. The molecule has 0 amide bonds. The Kier molecular flexibility index (Phi) is 6.58. The van der Waals surface area contributed by atoms with Gasteiger partial charge in [-0.2, -0.15) is 8.78 Å². The van der Waals surface area contributed by atoms with E-state index in [1.165, 1.54) is 25.3 Å². The van der Waals surface area contributed by atoms with Crippen molar-refractivity contribution in [2.45, 2.75) is 26.4 Å². The highest BCUT2D eigenvalue weighted by Gasteiger charge is 2.16. The van der Waals surface area contributed by atoms with Crippen LogP contribution in [-0.4, -0.2) is 32.3 Å². The Morgan fingerprint density at radius 2 is 2.00 bits per heavy atom. The van der Waals surface area contributed by atoms with Crippen LogP contribution in [0, 0.1) is 0 Å². The standard InChI is InChI=1S/C14H16F2O5/c1-3-20-12(17)7-5-9-4-6-10(21-14(15)16)8-11(9)13(18)19-2/h4,6,8,14H,3,5,7H2,1-2H3. The maximum absolute atomic E-state index is 12.2. The summed E-state index contributed by atoms with van der Waals surface area (Å²) in [6.07, 6.45) is 0.311. The number of hydrogen-bond donors (Lipinski definition) is 0. The first-order valence-electron chi connectivity index (χ1n) is 6.29. The van der Waals surface area contributed by atoms with Crippen molar-refractivity contribution in [3.63, 3.8) is 0 Å². The van der Waals surface area contributed by atoms with E-state index in [0.717, 1.165) is 0 Å². The average Bonchev–Trinajstić information content (AvgIpc) is 2.44. The van der Waals surface area contributed by atoms with Gasteiger partial charge in [0, 0.05) is 6.42 Å². The third-order valence-corrected chi connectivity index (χ3v) is 2.62. The third kappa shape index (κ3) is 5.37. The topological polar surface area (TPSA) is 61.8 Å². The van der Waals surface area contributed by atoms with Crippen LogP contribution in [0.5, 0.6) is 5.75 Å². The van der Waals surface area contributed by atoms with E-state index < -0.39 is 18.6 Å². The third-order valence-electron chi connectivity index (χ3n) is 2.62. The molecule has 0 fully saturated rings. The van der Waals surface area contributed by atoms with E-state index in [1.807, 2.05) is 0 Å². The van der Waals surface area contributed by atoms with Crippen LogP contribution in [0.3, 0.4) is 0 Å². The minimum atomic E-state index is -2.99. The number of alkyl halides is 2. The van der Waals surface area contributed by atoms with Crippen LogP contribution in [0.15, 0.2) is 18.2 Å². The molecule has 0 heterocycles. The Morgan fingerprint density at radius 3 is 2.57 bits per heavy atom. The van der Waals surface area contributed by atoms with Gasteiger partial charge in [0.25, 0.3) is 0 Å². The van der Waals surface area contributed by atoms with Gasteiger partial charge in [0.15, 0.2) is 0 Å². The van der Waals surface area contributed by atoms with Gasteiger partial charge in [0.05, 0.1) is 19.3 Å². The monoisotopic (exact) mass is 302 g/mol. The smallest absolute Gasteiger partial charge is 0.387 e. The fourth-order valence-corrected chi connectivity index (χ4v) is 1.72. The fraction of sp³-hybridized carbons (Fsp3) is 0.429. The first kappa shape index (κ1) is 16.9. The second-order valence-electron chi connectivity index (χ2n) is 3.99. The first-order valence-corrected chi connectivity index (χ1v) is 6.29. The molecule has 0 saturated heterocycles. The van der Waals surface area contributed by atoms with Gasteiger partial charge in [0.2, 0.25) is 0 Å². The molecule has 5 nitrogen and oxygen atoms in total. The highest BCUT2D eigenvalue weighted by atomic mass is 19.3. The molecule has 1 aromatic carbocycles.